The molecule has 2 bridgehead atoms. The number of carbonyl (C=O) groups is 2. The monoisotopic (exact) mass is 450 g/mol. The number of ether oxygens (including phenoxy) is 2. The van der Waals surface area contributed by atoms with Gasteiger partial charge >= 0.3 is 6.36 Å². The van der Waals surface area contributed by atoms with Crippen molar-refractivity contribution in [2.45, 2.75) is 55.6 Å². The van der Waals surface area contributed by atoms with Crippen molar-refractivity contribution in [1.82, 2.24) is 10.6 Å². The van der Waals surface area contributed by atoms with Crippen LogP contribution in [0.2, 0.25) is 5.02 Å². The first-order valence-corrected chi connectivity index (χ1v) is 9.80. The van der Waals surface area contributed by atoms with Gasteiger partial charge in [-0.2, -0.15) is 0 Å². The van der Waals surface area contributed by atoms with Crippen LogP contribution < -0.4 is 15.4 Å². The first-order valence-electron chi connectivity index (χ1n) is 9.42. The second kappa shape index (κ2) is 7.26. The molecule has 0 heterocycles. The van der Waals surface area contributed by atoms with Gasteiger partial charge in [0.15, 0.2) is 6.61 Å². The molecule has 4 aliphatic rings. The Bertz CT molecular complexity index is 853. The Morgan fingerprint density at radius 2 is 1.77 bits per heavy atom. The number of hydrogen-bond donors (Lipinski definition) is 2. The van der Waals surface area contributed by atoms with Gasteiger partial charge in [0.05, 0.1) is 11.1 Å². The minimum Gasteiger partial charge on any atom is -0.484 e. The zero-order valence-electron chi connectivity index (χ0n) is 15.7. The largest absolute Gasteiger partial charge is 0.522 e. The summed E-state index contributed by atoms with van der Waals surface area (Å²) in [6, 6.07) is 3.87. The van der Waals surface area contributed by atoms with Crippen LogP contribution >= 0.6 is 11.6 Å². The van der Waals surface area contributed by atoms with Crippen LogP contribution in [0.1, 0.15) is 32.1 Å². The summed E-state index contributed by atoms with van der Waals surface area (Å²) in [5, 5.41) is 5.72. The van der Waals surface area contributed by atoms with Gasteiger partial charge in [0.2, 0.25) is 5.91 Å². The Hall–Kier alpha value is -2.07. The molecule has 0 saturated heterocycles. The minimum absolute atomic E-state index is 0.0432. The highest BCUT2D eigenvalue weighted by Crippen LogP contribution is 2.60. The van der Waals surface area contributed by atoms with Crippen LogP contribution in [-0.2, 0) is 14.3 Å². The zero-order valence-corrected chi connectivity index (χ0v) is 16.4. The molecule has 0 atom stereocenters. The van der Waals surface area contributed by atoms with Crippen molar-refractivity contribution in [3.8, 4) is 5.75 Å². The van der Waals surface area contributed by atoms with Crippen LogP contribution in [0.4, 0.5) is 17.6 Å². The Kier molecular flexibility index (Phi) is 5.13. The predicted octanol–water partition coefficient (Wildman–Crippen LogP) is 3.08. The first-order chi connectivity index (χ1) is 14.0. The molecule has 164 valence electrons. The van der Waals surface area contributed by atoms with E-state index in [-0.39, 0.29) is 42.0 Å². The van der Waals surface area contributed by atoms with E-state index >= 15 is 0 Å². The van der Waals surface area contributed by atoms with Crippen molar-refractivity contribution in [1.29, 1.82) is 0 Å². The van der Waals surface area contributed by atoms with E-state index in [2.05, 4.69) is 15.4 Å². The summed E-state index contributed by atoms with van der Waals surface area (Å²) in [5.41, 5.74) is -0.805. The lowest BCUT2D eigenvalue weighted by Gasteiger charge is -2.70. The van der Waals surface area contributed by atoms with Gasteiger partial charge in [-0.25, -0.2) is 4.39 Å². The summed E-state index contributed by atoms with van der Waals surface area (Å²) >= 11 is 5.59. The molecule has 30 heavy (non-hydrogen) atoms. The van der Waals surface area contributed by atoms with Gasteiger partial charge < -0.3 is 15.4 Å². The van der Waals surface area contributed by atoms with E-state index in [1.54, 1.807) is 0 Å². The van der Waals surface area contributed by atoms with Crippen molar-refractivity contribution < 1.29 is 36.6 Å². The standard InChI is InChI=1S/C19H19ClF4N2O4/c20-13-2-1-11(5-14(13)21)29-6-15(27)25-17-7-18(8-17,9-17)26-16(28)10-3-12(4-10)30-19(22,23)24/h1-2,5,10,12H,3-4,6-9H2,(H,25,27)(H,26,28)/t10-,12+,17?,18?. The molecule has 5 rings (SSSR count). The highest BCUT2D eigenvalue weighted by molar-refractivity contribution is 6.30. The lowest BCUT2D eigenvalue weighted by molar-refractivity contribution is -0.353. The molecular weight excluding hydrogens is 432 g/mol. The van der Waals surface area contributed by atoms with E-state index in [1.807, 2.05) is 0 Å². The van der Waals surface area contributed by atoms with Gasteiger partial charge in [-0.05, 0) is 44.2 Å². The van der Waals surface area contributed by atoms with E-state index in [4.69, 9.17) is 16.3 Å². The fourth-order valence-corrected chi connectivity index (χ4v) is 4.65. The van der Waals surface area contributed by atoms with Crippen LogP contribution in [0, 0.1) is 11.7 Å². The van der Waals surface area contributed by atoms with Crippen molar-refractivity contribution in [2.24, 2.45) is 5.92 Å². The number of benzene rings is 1. The minimum atomic E-state index is -4.68. The third-order valence-corrected chi connectivity index (χ3v) is 6.16. The van der Waals surface area contributed by atoms with Gasteiger partial charge in [-0.3, -0.25) is 14.3 Å². The second-order valence-electron chi connectivity index (χ2n) is 8.35. The molecular formula is C19H19ClF4N2O4. The summed E-state index contributed by atoms with van der Waals surface area (Å²) in [6.45, 7) is -0.287. The molecule has 4 aliphatic carbocycles. The number of amides is 2. The molecule has 4 fully saturated rings. The average Bonchev–Trinajstić information content (AvgIpc) is 2.54. The lowest BCUT2D eigenvalue weighted by atomic mass is 9.44. The summed E-state index contributed by atoms with van der Waals surface area (Å²) < 4.78 is 58.9. The highest BCUT2D eigenvalue weighted by atomic mass is 35.5. The van der Waals surface area contributed by atoms with Crippen LogP contribution in [0.15, 0.2) is 18.2 Å². The first kappa shape index (κ1) is 21.2. The summed E-state index contributed by atoms with van der Waals surface area (Å²) in [4.78, 5) is 24.3. The normalized spacial score (nSPS) is 31.6. The zero-order chi connectivity index (χ0) is 21.7. The lowest BCUT2D eigenvalue weighted by Crippen LogP contribution is -2.84. The molecule has 2 amide bonds. The van der Waals surface area contributed by atoms with E-state index < -0.39 is 35.3 Å². The number of halogens is 5. The molecule has 2 N–H and O–H groups in total. The number of alkyl halides is 3. The highest BCUT2D eigenvalue weighted by Gasteiger charge is 2.69. The van der Waals surface area contributed by atoms with Crippen molar-refractivity contribution >= 4 is 23.4 Å². The average molecular weight is 451 g/mol. The Morgan fingerprint density at radius 3 is 2.37 bits per heavy atom. The van der Waals surface area contributed by atoms with Gasteiger partial charge in [0.1, 0.15) is 11.6 Å². The van der Waals surface area contributed by atoms with Gasteiger partial charge in [0, 0.05) is 23.1 Å². The Labute approximate surface area is 174 Å². The molecule has 11 heteroatoms. The third-order valence-electron chi connectivity index (χ3n) is 5.85. The molecule has 0 aromatic heterocycles. The number of rotatable bonds is 7. The van der Waals surface area contributed by atoms with Crippen LogP contribution in [0.3, 0.4) is 0 Å². The fraction of sp³-hybridized carbons (Fsp3) is 0.579. The number of nitrogens with one attached hydrogen (secondary N) is 2. The molecule has 0 radical (unpaired) electrons. The predicted molar refractivity (Wildman–Crippen MR) is 96.2 cm³/mol. The topological polar surface area (TPSA) is 76.7 Å². The van der Waals surface area contributed by atoms with Crippen molar-refractivity contribution in [3.05, 3.63) is 29.0 Å². The van der Waals surface area contributed by atoms with Gasteiger partial charge in [0.25, 0.3) is 5.91 Å². The van der Waals surface area contributed by atoms with Crippen molar-refractivity contribution in [3.63, 3.8) is 0 Å². The van der Waals surface area contributed by atoms with Crippen molar-refractivity contribution in [2.75, 3.05) is 6.61 Å². The maximum Gasteiger partial charge on any atom is 0.522 e. The van der Waals surface area contributed by atoms with Crippen LogP contribution in [-0.4, -0.2) is 42.0 Å². The quantitative estimate of drug-likeness (QED) is 0.626. The maximum absolute atomic E-state index is 13.4. The third kappa shape index (κ3) is 4.34. The SMILES string of the molecule is O=C(COc1ccc(Cl)c(F)c1)NC12CC(NC(=O)[C@H]3C[C@@H](OC(F)(F)F)C3)(C1)C2. The van der Waals surface area contributed by atoms with E-state index in [0.717, 1.165) is 6.07 Å². The van der Waals surface area contributed by atoms with Crippen LogP contribution in [0.5, 0.6) is 5.75 Å². The van der Waals surface area contributed by atoms with E-state index in [9.17, 15) is 27.2 Å². The molecule has 6 nitrogen and oxygen atoms in total. The fourth-order valence-electron chi connectivity index (χ4n) is 4.53. The Balaban J connectivity index is 1.16. The van der Waals surface area contributed by atoms with Gasteiger partial charge in [-0.15, -0.1) is 13.2 Å². The summed E-state index contributed by atoms with van der Waals surface area (Å²) in [5.74, 6) is -1.58. The molecule has 4 saturated carbocycles. The maximum atomic E-state index is 13.4. The summed E-state index contributed by atoms with van der Waals surface area (Å²) in [6.07, 6.45) is -3.88. The van der Waals surface area contributed by atoms with Gasteiger partial charge in [-0.1, -0.05) is 11.6 Å². The molecule has 1 aromatic rings. The molecule has 0 spiro atoms. The molecule has 0 aliphatic heterocycles. The number of carbonyl (C=O) groups excluding carboxylic acids is 2. The van der Waals surface area contributed by atoms with E-state index in [0.29, 0.717) is 19.3 Å². The summed E-state index contributed by atoms with van der Waals surface area (Å²) in [7, 11) is 0. The number of hydrogen-bond acceptors (Lipinski definition) is 4. The second-order valence-corrected chi connectivity index (χ2v) is 8.75. The van der Waals surface area contributed by atoms with Crippen LogP contribution in [0.25, 0.3) is 0 Å². The smallest absolute Gasteiger partial charge is 0.484 e. The van der Waals surface area contributed by atoms with E-state index in [1.165, 1.54) is 12.1 Å². The molecule has 1 aromatic carbocycles. The Morgan fingerprint density at radius 1 is 1.13 bits per heavy atom. The molecule has 0 unspecified atom stereocenters.